The van der Waals surface area contributed by atoms with Crippen LogP contribution in [0, 0.1) is 0 Å². The van der Waals surface area contributed by atoms with Crippen LogP contribution in [0.2, 0.25) is 0 Å². The lowest BCUT2D eigenvalue weighted by Gasteiger charge is -2.40. The van der Waals surface area contributed by atoms with E-state index in [0.29, 0.717) is 47.5 Å². The highest BCUT2D eigenvalue weighted by molar-refractivity contribution is 6.31. The summed E-state index contributed by atoms with van der Waals surface area (Å²) in [6.07, 6.45) is 5.53. The monoisotopic (exact) mass is 436 g/mol. The first kappa shape index (κ1) is 22.1. The minimum absolute atomic E-state index is 0.0676. The van der Waals surface area contributed by atoms with Gasteiger partial charge in [-0.2, -0.15) is 0 Å². The number of carbonyl (C=O) groups excluding carboxylic acids is 1. The van der Waals surface area contributed by atoms with Crippen LogP contribution >= 0.6 is 11.6 Å². The van der Waals surface area contributed by atoms with E-state index >= 15 is 0 Å². The third-order valence-corrected chi connectivity index (χ3v) is 5.14. The summed E-state index contributed by atoms with van der Waals surface area (Å²) in [7, 11) is 1.54. The molecular formula is C20H25ClN4O5. The average Bonchev–Trinajstić information content (AvgIpc) is 2.82. The zero-order valence-corrected chi connectivity index (χ0v) is 17.8. The van der Waals surface area contributed by atoms with Gasteiger partial charge < -0.3 is 24.8 Å². The van der Waals surface area contributed by atoms with Gasteiger partial charge >= 0.3 is 6.09 Å². The first-order valence-corrected chi connectivity index (χ1v) is 9.81. The molecule has 0 aromatic rings. The Kier molecular flexibility index (Phi) is 6.64. The SMILES string of the molecule is COC1C=C(C2=C(NC(=O)O)C=C(Cl)C=CC2)N=C(C)N1CC(=O)NC1(C)COC1. The highest BCUT2D eigenvalue weighted by Crippen LogP contribution is 2.29. The Balaban J connectivity index is 1.84. The molecule has 1 atom stereocenters. The number of hydrogen-bond acceptors (Lipinski definition) is 6. The van der Waals surface area contributed by atoms with Crippen LogP contribution in [0.25, 0.3) is 0 Å². The third-order valence-electron chi connectivity index (χ3n) is 4.90. The maximum Gasteiger partial charge on any atom is 0.409 e. The lowest BCUT2D eigenvalue weighted by Crippen LogP contribution is -2.61. The Hall–Kier alpha value is -2.62. The molecule has 2 heterocycles. The first-order chi connectivity index (χ1) is 14.2. The van der Waals surface area contributed by atoms with E-state index in [0.717, 1.165) is 0 Å². The molecule has 3 rings (SSSR count). The summed E-state index contributed by atoms with van der Waals surface area (Å²) in [5.41, 5.74) is 1.22. The number of allylic oxidation sites excluding steroid dienone is 5. The summed E-state index contributed by atoms with van der Waals surface area (Å²) in [5.74, 6) is 0.420. The zero-order valence-electron chi connectivity index (χ0n) is 17.1. The van der Waals surface area contributed by atoms with Crippen molar-refractivity contribution >= 4 is 29.4 Å². The Morgan fingerprint density at radius 2 is 2.20 bits per heavy atom. The van der Waals surface area contributed by atoms with Crippen molar-refractivity contribution < 1.29 is 24.2 Å². The number of aliphatic imine (C=N–C) groups is 1. The van der Waals surface area contributed by atoms with Crippen molar-refractivity contribution in [1.82, 2.24) is 15.5 Å². The second kappa shape index (κ2) is 9.03. The third kappa shape index (κ3) is 5.10. The summed E-state index contributed by atoms with van der Waals surface area (Å²) in [4.78, 5) is 30.1. The van der Waals surface area contributed by atoms with Gasteiger partial charge in [-0.15, -0.1) is 0 Å². The Morgan fingerprint density at radius 1 is 1.47 bits per heavy atom. The molecule has 162 valence electrons. The summed E-state index contributed by atoms with van der Waals surface area (Å²) in [5, 5.41) is 14.9. The van der Waals surface area contributed by atoms with Gasteiger partial charge in [-0.05, 0) is 38.5 Å². The molecule has 1 aliphatic carbocycles. The van der Waals surface area contributed by atoms with Crippen molar-refractivity contribution in [2.75, 3.05) is 26.9 Å². The van der Waals surface area contributed by atoms with Crippen LogP contribution in [0.1, 0.15) is 20.3 Å². The van der Waals surface area contributed by atoms with Gasteiger partial charge in [0, 0.05) is 17.7 Å². The molecule has 9 nitrogen and oxygen atoms in total. The van der Waals surface area contributed by atoms with Gasteiger partial charge in [-0.3, -0.25) is 10.1 Å². The molecule has 0 spiro atoms. The van der Waals surface area contributed by atoms with E-state index in [2.05, 4.69) is 15.6 Å². The predicted octanol–water partition coefficient (Wildman–Crippen LogP) is 2.09. The highest BCUT2D eigenvalue weighted by atomic mass is 35.5. The average molecular weight is 437 g/mol. The van der Waals surface area contributed by atoms with Crippen molar-refractivity contribution in [2.45, 2.75) is 32.0 Å². The number of ether oxygens (including phenoxy) is 2. The number of amides is 2. The lowest BCUT2D eigenvalue weighted by atomic mass is 10.0. The van der Waals surface area contributed by atoms with E-state index in [9.17, 15) is 14.7 Å². The minimum atomic E-state index is -1.20. The predicted molar refractivity (Wildman–Crippen MR) is 112 cm³/mol. The molecule has 1 fully saturated rings. The summed E-state index contributed by atoms with van der Waals surface area (Å²) in [6, 6.07) is 0. The molecule has 1 saturated heterocycles. The molecule has 1 unspecified atom stereocenters. The van der Waals surface area contributed by atoms with Gasteiger partial charge in [-0.25, -0.2) is 9.79 Å². The molecule has 3 N–H and O–H groups in total. The van der Waals surface area contributed by atoms with Gasteiger partial charge in [0.15, 0.2) is 6.23 Å². The van der Waals surface area contributed by atoms with Crippen LogP contribution in [0.4, 0.5) is 4.79 Å². The minimum Gasteiger partial charge on any atom is -0.465 e. The number of halogens is 1. The molecule has 30 heavy (non-hydrogen) atoms. The van der Waals surface area contributed by atoms with E-state index in [-0.39, 0.29) is 18.0 Å². The van der Waals surface area contributed by atoms with Gasteiger partial charge in [0.2, 0.25) is 5.91 Å². The molecule has 2 amide bonds. The van der Waals surface area contributed by atoms with Gasteiger partial charge in [-0.1, -0.05) is 17.7 Å². The second-order valence-electron chi connectivity index (χ2n) is 7.52. The van der Waals surface area contributed by atoms with Gasteiger partial charge in [0.05, 0.1) is 30.1 Å². The summed E-state index contributed by atoms with van der Waals surface area (Å²) < 4.78 is 10.8. The smallest absolute Gasteiger partial charge is 0.409 e. The molecule has 0 bridgehead atoms. The molecule has 0 aromatic carbocycles. The van der Waals surface area contributed by atoms with Crippen molar-refractivity contribution in [2.24, 2.45) is 4.99 Å². The molecule has 0 saturated carbocycles. The molecule has 3 aliphatic rings. The highest BCUT2D eigenvalue weighted by Gasteiger charge is 2.36. The fourth-order valence-electron chi connectivity index (χ4n) is 3.41. The summed E-state index contributed by atoms with van der Waals surface area (Å²) in [6.45, 7) is 4.75. The number of hydrogen-bond donors (Lipinski definition) is 3. The van der Waals surface area contributed by atoms with Crippen molar-refractivity contribution in [1.29, 1.82) is 0 Å². The Labute approximate surface area is 179 Å². The number of nitrogens with one attached hydrogen (secondary N) is 2. The molecule has 0 radical (unpaired) electrons. The number of carbonyl (C=O) groups is 2. The quantitative estimate of drug-likeness (QED) is 0.587. The van der Waals surface area contributed by atoms with Gasteiger partial charge in [0.1, 0.15) is 12.4 Å². The molecular weight excluding hydrogens is 412 g/mol. The van der Waals surface area contributed by atoms with Crippen LogP contribution in [0.5, 0.6) is 0 Å². The Morgan fingerprint density at radius 3 is 2.80 bits per heavy atom. The number of amidine groups is 1. The zero-order chi connectivity index (χ0) is 21.9. The van der Waals surface area contributed by atoms with E-state index in [1.54, 1.807) is 30.1 Å². The topological polar surface area (TPSA) is 112 Å². The van der Waals surface area contributed by atoms with Crippen molar-refractivity contribution in [3.63, 3.8) is 0 Å². The van der Waals surface area contributed by atoms with Crippen LogP contribution in [-0.4, -0.2) is 66.5 Å². The number of rotatable bonds is 6. The van der Waals surface area contributed by atoms with Crippen LogP contribution in [0.3, 0.4) is 0 Å². The standard InChI is InChI=1S/C20H25ClN4O5/c1-12-22-16(14-6-4-5-13(21)7-15(14)23-19(27)28)8-18(29-3)25(12)9-17(26)24-20(2)10-30-11-20/h4-5,7-8,18,23H,6,9-11H2,1-3H3,(H,24,26)(H,27,28). The number of carboxylic acid groups (broad SMARTS) is 1. The largest absolute Gasteiger partial charge is 0.465 e. The van der Waals surface area contributed by atoms with Crippen LogP contribution in [0.15, 0.2) is 51.3 Å². The normalized spacial score (nSPS) is 23.0. The lowest BCUT2D eigenvalue weighted by molar-refractivity contribution is -0.132. The molecule has 0 aromatic heterocycles. The van der Waals surface area contributed by atoms with Gasteiger partial charge in [0.25, 0.3) is 0 Å². The van der Waals surface area contributed by atoms with Crippen LogP contribution < -0.4 is 10.6 Å². The fraction of sp³-hybridized carbons (Fsp3) is 0.450. The van der Waals surface area contributed by atoms with E-state index in [1.165, 1.54) is 7.11 Å². The maximum absolute atomic E-state index is 12.5. The maximum atomic E-state index is 12.5. The number of nitrogens with zero attached hydrogens (tertiary/aromatic N) is 2. The number of methoxy groups -OCH3 is 1. The van der Waals surface area contributed by atoms with E-state index in [1.807, 2.05) is 13.0 Å². The first-order valence-electron chi connectivity index (χ1n) is 9.43. The second-order valence-corrected chi connectivity index (χ2v) is 7.96. The molecule has 10 heteroatoms. The summed E-state index contributed by atoms with van der Waals surface area (Å²) >= 11 is 6.10. The van der Waals surface area contributed by atoms with Crippen molar-refractivity contribution in [3.8, 4) is 0 Å². The van der Waals surface area contributed by atoms with E-state index in [4.69, 9.17) is 21.1 Å². The Bertz CT molecular complexity index is 886. The fourth-order valence-corrected chi connectivity index (χ4v) is 3.60. The van der Waals surface area contributed by atoms with E-state index < -0.39 is 12.3 Å². The molecule has 2 aliphatic heterocycles. The van der Waals surface area contributed by atoms with Crippen molar-refractivity contribution in [3.05, 3.63) is 46.3 Å². The van der Waals surface area contributed by atoms with Crippen LogP contribution in [-0.2, 0) is 14.3 Å².